The summed E-state index contributed by atoms with van der Waals surface area (Å²) < 4.78 is 2.05. The largest absolute Gasteiger partial charge is 4.00 e. The van der Waals surface area contributed by atoms with Gasteiger partial charge in [-0.15, -0.1) is 43.3 Å². The molecule has 4 aliphatic rings. The maximum atomic E-state index is 11.1. The number of hydrogen-bond acceptors (Lipinski definition) is 11. The van der Waals surface area contributed by atoms with Gasteiger partial charge in [0, 0.05) is 34.4 Å². The van der Waals surface area contributed by atoms with E-state index in [9.17, 15) is 5.26 Å². The van der Waals surface area contributed by atoms with Crippen LogP contribution in [-0.2, 0) is 42.1 Å². The number of pyridine rings is 2. The Hall–Kier alpha value is -7.57. The maximum absolute atomic E-state index is 11.1. The van der Waals surface area contributed by atoms with Crippen molar-refractivity contribution in [2.45, 2.75) is 27.7 Å². The molecule has 0 spiro atoms. The molecule has 0 saturated heterocycles. The normalized spacial score (nSPS) is 15.0. The number of aromatic nitrogens is 3. The molecule has 12 rings (SSSR count). The molecule has 0 saturated carbocycles. The Kier molecular flexibility index (Phi) is 12.8. The summed E-state index contributed by atoms with van der Waals surface area (Å²) in [6.07, 6.45) is 19.5. The molecule has 350 valence electrons. The average molecular weight is 1290 g/mol. The summed E-state index contributed by atoms with van der Waals surface area (Å²) in [4.78, 5) is 25.9. The summed E-state index contributed by atoms with van der Waals surface area (Å²) >= 11 is 0. The van der Waals surface area contributed by atoms with Crippen LogP contribution >= 0.6 is 0 Å². The Morgan fingerprint density at radius 2 is 0.704 bits per heavy atom. The number of anilines is 8. The molecule has 7 heterocycles. The van der Waals surface area contributed by atoms with E-state index in [1.165, 1.54) is 22.3 Å². The van der Waals surface area contributed by atoms with E-state index < -0.39 is 0 Å². The molecule has 0 atom stereocenters. The Morgan fingerprint density at radius 1 is 0.408 bits per heavy atom. The van der Waals surface area contributed by atoms with E-state index in [2.05, 4.69) is 169 Å². The van der Waals surface area contributed by atoms with E-state index in [-0.39, 0.29) is 42.1 Å². The summed E-state index contributed by atoms with van der Waals surface area (Å²) in [6.45, 7) is 16.2. The Morgan fingerprint density at radius 3 is 1.03 bits per heavy atom. The van der Waals surface area contributed by atoms with Gasteiger partial charge in [-0.05, 0) is 132 Å². The quantitative estimate of drug-likeness (QED) is 0.130. The van der Waals surface area contributed by atoms with Crippen LogP contribution < -0.4 is 39.2 Å². The monoisotopic (exact) mass is 1280 g/mol. The molecule has 0 radical (unpaired) electrons. The van der Waals surface area contributed by atoms with Crippen molar-refractivity contribution in [1.29, 1.82) is 5.26 Å². The number of nitriles is 1. The zero-order valence-corrected chi connectivity index (χ0v) is 43.4. The topological polar surface area (TPSA) is 80.4 Å². The van der Waals surface area contributed by atoms with Gasteiger partial charge in [0.25, 0.3) is 0 Å². The zero-order chi connectivity index (χ0) is 46.8. The van der Waals surface area contributed by atoms with Gasteiger partial charge in [0.05, 0.1) is 0 Å². The third-order valence-electron chi connectivity index (χ3n) is 12.5. The fraction of sp³-hybridized carbons (Fsp3) is 0.0702. The van der Waals surface area contributed by atoms with Crippen LogP contribution in [0.5, 0.6) is 0 Å². The van der Waals surface area contributed by atoms with E-state index in [0.29, 0.717) is 45.3 Å². The predicted molar refractivity (Wildman–Crippen MR) is 275 cm³/mol. The van der Waals surface area contributed by atoms with Crippen LogP contribution in [0, 0.1) is 90.0 Å². The third kappa shape index (κ3) is 8.86. The van der Waals surface area contributed by atoms with Gasteiger partial charge in [0.15, 0.2) is 0 Å². The van der Waals surface area contributed by atoms with Crippen LogP contribution in [0.25, 0.3) is 27.5 Å². The first-order valence-corrected chi connectivity index (χ1v) is 22.5. The van der Waals surface area contributed by atoms with Crippen molar-refractivity contribution in [1.82, 2.24) is 14.5 Å². The van der Waals surface area contributed by atoms with Crippen LogP contribution in [0.2, 0.25) is 0 Å². The van der Waals surface area contributed by atoms with Crippen LogP contribution in [0.1, 0.15) is 27.8 Å². The molecule has 12 nitrogen and oxygen atoms in total. The number of hydrogen-bond donors (Lipinski definition) is 0. The van der Waals surface area contributed by atoms with E-state index in [0.717, 1.165) is 33.5 Å². The first-order valence-electron chi connectivity index (χ1n) is 22.5. The fourth-order valence-corrected chi connectivity index (χ4v) is 8.64. The van der Waals surface area contributed by atoms with E-state index in [4.69, 9.17) is 9.97 Å². The average Bonchev–Trinajstić information content (AvgIpc) is 4.25. The standard InChI is InChI=1S/C57H42N12.2Pt/c1-40-5-13-44(14-6-40)61-21-25-65(36-61)52-29-48(30-53(49(52)33-58)66-26-22-62(37-66)45-15-7-41(2)8-16-45)69-54-31-56(67-27-23-63(38-67)46-17-9-42(3)10-18-46)59-34-50(54)51-35-60-57(32-55(51)69)68-28-24-64(39-68)47-19-11-43(4)12-20-47;;/h5-28,34-39H,1-4H3;;/q-8;2*+4. The third-order valence-corrected chi connectivity index (χ3v) is 12.5. The van der Waals surface area contributed by atoms with Gasteiger partial charge >= 0.3 is 42.1 Å². The Bertz CT molecular complexity index is 3230. The molecule has 5 aromatic carbocycles. The second-order valence-electron chi connectivity index (χ2n) is 17.3. The first kappa shape index (κ1) is 47.1. The molecule has 71 heavy (non-hydrogen) atoms. The van der Waals surface area contributed by atoms with Crippen molar-refractivity contribution >= 4 is 67.6 Å². The van der Waals surface area contributed by atoms with Crippen molar-refractivity contribution in [3.05, 3.63) is 238 Å². The molecular weight excluding hydrogens is 1240 g/mol. The van der Waals surface area contributed by atoms with Gasteiger partial charge in [-0.25, -0.2) is 33.1 Å². The number of nitrogens with zero attached hydrogens (tertiary/aromatic N) is 12. The van der Waals surface area contributed by atoms with Crippen molar-refractivity contribution in [2.24, 2.45) is 0 Å². The van der Waals surface area contributed by atoms with E-state index in [1.807, 2.05) is 118 Å². The molecule has 4 aliphatic heterocycles. The molecule has 14 heteroatoms. The van der Waals surface area contributed by atoms with Crippen LogP contribution in [0.3, 0.4) is 0 Å². The number of benzene rings is 5. The fourth-order valence-electron chi connectivity index (χ4n) is 8.64. The maximum Gasteiger partial charge on any atom is 4.00 e. The molecular formula is C57H42N12Pt2. The Labute approximate surface area is 443 Å². The molecule has 0 aliphatic carbocycles. The van der Waals surface area contributed by atoms with Crippen LogP contribution in [0.4, 0.5) is 45.8 Å². The van der Waals surface area contributed by atoms with Crippen molar-refractivity contribution < 1.29 is 42.1 Å². The van der Waals surface area contributed by atoms with Gasteiger partial charge in [0.2, 0.25) is 0 Å². The summed E-state index contributed by atoms with van der Waals surface area (Å²) in [5.74, 6) is 1.16. The molecule has 0 N–H and O–H groups in total. The van der Waals surface area contributed by atoms with Crippen molar-refractivity contribution in [3.8, 4) is 11.8 Å². The summed E-state index contributed by atoms with van der Waals surface area (Å²) in [6, 6.07) is 50.7. The van der Waals surface area contributed by atoms with Crippen LogP contribution in [0.15, 0.2) is 159 Å². The minimum atomic E-state index is 0. The van der Waals surface area contributed by atoms with Gasteiger partial charge in [0.1, 0.15) is 0 Å². The number of fused-ring (bicyclic) bond motifs is 3. The van der Waals surface area contributed by atoms with Gasteiger partial charge < -0.3 is 55.9 Å². The smallest absolute Gasteiger partial charge is 0.518 e. The summed E-state index contributed by atoms with van der Waals surface area (Å²) in [7, 11) is 0. The molecule has 0 amide bonds. The molecule has 0 bridgehead atoms. The first-order chi connectivity index (χ1) is 33.7. The molecule has 0 unspecified atom stereocenters. The van der Waals surface area contributed by atoms with Gasteiger partial charge in [-0.2, -0.15) is 12.1 Å². The van der Waals surface area contributed by atoms with Gasteiger partial charge in [-0.1, -0.05) is 83.2 Å². The molecule has 3 aromatic heterocycles. The SMILES string of the molecule is Cc1ccc(N2C=CN(c3[c-]c4c(cn3)c3cnc(N5C=CN(c6ccc(C)cc6)[CH-]5)[c-]c3n4-c3[c-]c(N4C=CN(c5ccc(C)cc5)[CH-]4)c(C#N)c(N4C=CN(c5ccc(C)cc5)[CH-]4)[c-]3)[CH-]2)cc1.[Pt+4].[Pt+4]. The van der Waals surface area contributed by atoms with E-state index in [1.54, 1.807) is 0 Å². The van der Waals surface area contributed by atoms with Gasteiger partial charge in [-0.3, -0.25) is 9.97 Å². The van der Waals surface area contributed by atoms with Crippen molar-refractivity contribution in [2.75, 3.05) is 39.2 Å². The minimum absolute atomic E-state index is 0. The van der Waals surface area contributed by atoms with Crippen LogP contribution in [-0.4, -0.2) is 14.5 Å². The molecule has 0 fully saturated rings. The number of aryl methyl sites for hydroxylation is 4. The number of rotatable bonds is 9. The van der Waals surface area contributed by atoms with Crippen molar-refractivity contribution in [3.63, 3.8) is 0 Å². The second-order valence-corrected chi connectivity index (χ2v) is 17.3. The van der Waals surface area contributed by atoms with E-state index >= 15 is 0 Å². The Balaban J connectivity index is 0.00000291. The summed E-state index contributed by atoms with van der Waals surface area (Å²) in [5, 5.41) is 12.8. The second kappa shape index (κ2) is 19.3. The predicted octanol–water partition coefficient (Wildman–Crippen LogP) is 11.5. The minimum Gasteiger partial charge on any atom is -0.518 e. The summed E-state index contributed by atoms with van der Waals surface area (Å²) in [5.41, 5.74) is 12.2. The molecule has 8 aromatic rings. The zero-order valence-electron chi connectivity index (χ0n) is 38.8.